The lowest BCUT2D eigenvalue weighted by atomic mass is 10.0. The van der Waals surface area contributed by atoms with Crippen LogP contribution in [0.4, 0.5) is 10.5 Å². The van der Waals surface area contributed by atoms with Gasteiger partial charge in [0, 0.05) is 5.69 Å². The minimum Gasteiger partial charge on any atom is -0.493 e. The Morgan fingerprint density at radius 1 is 0.960 bits per heavy atom. The molecular weight excluding hydrogens is 316 g/mol. The summed E-state index contributed by atoms with van der Waals surface area (Å²) in [7, 11) is 3.22. The van der Waals surface area contributed by atoms with Crippen LogP contribution in [-0.2, 0) is 5.54 Å². The van der Waals surface area contributed by atoms with Gasteiger partial charge >= 0.3 is 6.03 Å². The molecule has 0 heterocycles. The molecule has 0 radical (unpaired) electrons. The fraction of sp³-hybridized carbons (Fsp3) is 0.350. The van der Waals surface area contributed by atoms with Crippen molar-refractivity contribution in [1.29, 1.82) is 0 Å². The van der Waals surface area contributed by atoms with E-state index in [1.54, 1.807) is 14.2 Å². The molecular formula is C20H24N2O3. The quantitative estimate of drug-likeness (QED) is 0.860. The predicted octanol–water partition coefficient (Wildman–Crippen LogP) is 4.13. The number of aryl methyl sites for hydroxylation is 2. The first kappa shape index (κ1) is 17.1. The smallest absolute Gasteiger partial charge is 0.319 e. The van der Waals surface area contributed by atoms with Crippen molar-refractivity contribution in [3.8, 4) is 11.5 Å². The summed E-state index contributed by atoms with van der Waals surface area (Å²) in [6, 6.07) is 11.5. The molecule has 0 spiro atoms. The number of ether oxygens (including phenoxy) is 2. The summed E-state index contributed by atoms with van der Waals surface area (Å²) in [5, 5.41) is 6.03. The van der Waals surface area contributed by atoms with Gasteiger partial charge in [-0.1, -0.05) is 12.1 Å². The highest BCUT2D eigenvalue weighted by atomic mass is 16.5. The third-order valence-corrected chi connectivity index (χ3v) is 4.80. The second-order valence-corrected chi connectivity index (χ2v) is 6.53. The van der Waals surface area contributed by atoms with Crippen LogP contribution in [0, 0.1) is 13.8 Å². The van der Waals surface area contributed by atoms with E-state index in [4.69, 9.17) is 9.47 Å². The van der Waals surface area contributed by atoms with Crippen LogP contribution in [0.2, 0.25) is 0 Å². The number of benzene rings is 2. The van der Waals surface area contributed by atoms with E-state index in [9.17, 15) is 4.79 Å². The molecule has 0 unspecified atom stereocenters. The number of carbonyl (C=O) groups excluding carboxylic acids is 1. The van der Waals surface area contributed by atoms with Gasteiger partial charge in [-0.3, -0.25) is 0 Å². The first-order valence-electron chi connectivity index (χ1n) is 8.36. The normalized spacial score (nSPS) is 14.6. The molecule has 2 amide bonds. The van der Waals surface area contributed by atoms with E-state index in [2.05, 4.69) is 17.6 Å². The van der Waals surface area contributed by atoms with Gasteiger partial charge in [-0.15, -0.1) is 0 Å². The third-order valence-electron chi connectivity index (χ3n) is 4.80. The van der Waals surface area contributed by atoms with Crippen LogP contribution < -0.4 is 20.1 Å². The van der Waals surface area contributed by atoms with Gasteiger partial charge < -0.3 is 20.1 Å². The Balaban J connectivity index is 1.73. The van der Waals surface area contributed by atoms with Crippen LogP contribution >= 0.6 is 0 Å². The summed E-state index contributed by atoms with van der Waals surface area (Å²) in [4.78, 5) is 12.4. The molecule has 2 N–H and O–H groups in total. The fourth-order valence-corrected chi connectivity index (χ4v) is 2.94. The van der Waals surface area contributed by atoms with Crippen LogP contribution in [0.3, 0.4) is 0 Å². The molecule has 1 fully saturated rings. The average molecular weight is 340 g/mol. The Labute approximate surface area is 148 Å². The first-order valence-corrected chi connectivity index (χ1v) is 8.36. The second kappa shape index (κ2) is 6.67. The minimum absolute atomic E-state index is 0.199. The average Bonchev–Trinajstić information content (AvgIpc) is 3.38. The van der Waals surface area contributed by atoms with Gasteiger partial charge in [-0.2, -0.15) is 0 Å². The zero-order valence-electron chi connectivity index (χ0n) is 15.1. The van der Waals surface area contributed by atoms with Crippen molar-refractivity contribution in [3.63, 3.8) is 0 Å². The third kappa shape index (κ3) is 3.55. The number of methoxy groups -OCH3 is 2. The molecule has 2 aromatic rings. The number of rotatable bonds is 5. The molecule has 25 heavy (non-hydrogen) atoms. The molecule has 0 saturated heterocycles. The largest absolute Gasteiger partial charge is 0.493 e. The highest BCUT2D eigenvalue weighted by Crippen LogP contribution is 2.47. The van der Waals surface area contributed by atoms with Crippen LogP contribution in [0.1, 0.15) is 29.5 Å². The Kier molecular flexibility index (Phi) is 4.57. The zero-order chi connectivity index (χ0) is 18.0. The SMILES string of the molecule is COc1ccc(C2(NC(=O)Nc3ccc(C)c(C)c3)CC2)cc1OC. The monoisotopic (exact) mass is 340 g/mol. The molecule has 0 aliphatic heterocycles. The molecule has 1 aliphatic carbocycles. The Morgan fingerprint density at radius 2 is 1.68 bits per heavy atom. The van der Waals surface area contributed by atoms with Gasteiger partial charge in [0.1, 0.15) is 0 Å². The number of nitrogens with one attached hydrogen (secondary N) is 2. The van der Waals surface area contributed by atoms with Gasteiger partial charge in [0.15, 0.2) is 11.5 Å². The second-order valence-electron chi connectivity index (χ2n) is 6.53. The fourth-order valence-electron chi connectivity index (χ4n) is 2.94. The van der Waals surface area contributed by atoms with Gasteiger partial charge in [-0.25, -0.2) is 4.79 Å². The van der Waals surface area contributed by atoms with Crippen LogP contribution in [0.15, 0.2) is 36.4 Å². The molecule has 1 aliphatic rings. The number of hydrogen-bond acceptors (Lipinski definition) is 3. The van der Waals surface area contributed by atoms with Crippen molar-refractivity contribution in [2.45, 2.75) is 32.2 Å². The highest BCUT2D eigenvalue weighted by Gasteiger charge is 2.46. The van der Waals surface area contributed by atoms with Crippen LogP contribution in [0.5, 0.6) is 11.5 Å². The molecule has 1 saturated carbocycles. The van der Waals surface area contributed by atoms with Crippen molar-refractivity contribution < 1.29 is 14.3 Å². The number of amides is 2. The summed E-state index contributed by atoms with van der Waals surface area (Å²) in [6.45, 7) is 4.08. The van der Waals surface area contributed by atoms with Gasteiger partial charge in [0.05, 0.1) is 19.8 Å². The predicted molar refractivity (Wildman–Crippen MR) is 98.5 cm³/mol. The number of anilines is 1. The van der Waals surface area contributed by atoms with Crippen LogP contribution in [0.25, 0.3) is 0 Å². The summed E-state index contributed by atoms with van der Waals surface area (Å²) < 4.78 is 10.7. The Morgan fingerprint density at radius 3 is 2.28 bits per heavy atom. The molecule has 0 aromatic heterocycles. The maximum atomic E-state index is 12.4. The molecule has 5 heteroatoms. The van der Waals surface area contributed by atoms with Crippen LogP contribution in [-0.4, -0.2) is 20.3 Å². The molecule has 0 bridgehead atoms. The topological polar surface area (TPSA) is 59.6 Å². The van der Waals surface area contributed by atoms with Crippen molar-refractivity contribution in [2.75, 3.05) is 19.5 Å². The van der Waals surface area contributed by atoms with Crippen molar-refractivity contribution in [1.82, 2.24) is 5.32 Å². The number of urea groups is 1. The van der Waals surface area contributed by atoms with E-state index in [1.165, 1.54) is 5.56 Å². The summed E-state index contributed by atoms with van der Waals surface area (Å²) in [5.74, 6) is 1.35. The van der Waals surface area contributed by atoms with Crippen molar-refractivity contribution in [3.05, 3.63) is 53.1 Å². The molecule has 132 valence electrons. The summed E-state index contributed by atoms with van der Waals surface area (Å²) in [5.41, 5.74) is 3.85. The standard InChI is InChI=1S/C20H24N2O3/c1-13-5-7-16(11-14(13)2)21-19(23)22-20(9-10-20)15-6-8-17(24-3)18(12-15)25-4/h5-8,11-12H,9-10H2,1-4H3,(H2,21,22,23). The van der Waals surface area contributed by atoms with E-state index in [1.807, 2.05) is 43.3 Å². The van der Waals surface area contributed by atoms with E-state index >= 15 is 0 Å². The van der Waals surface area contributed by atoms with Gasteiger partial charge in [0.2, 0.25) is 0 Å². The highest BCUT2D eigenvalue weighted by molar-refractivity contribution is 5.90. The van der Waals surface area contributed by atoms with E-state index in [0.29, 0.717) is 11.5 Å². The number of hydrogen-bond donors (Lipinski definition) is 2. The molecule has 2 aromatic carbocycles. The maximum absolute atomic E-state index is 12.4. The summed E-state index contributed by atoms with van der Waals surface area (Å²) in [6.07, 6.45) is 1.81. The van der Waals surface area contributed by atoms with E-state index in [0.717, 1.165) is 29.7 Å². The maximum Gasteiger partial charge on any atom is 0.319 e. The van der Waals surface area contributed by atoms with Gasteiger partial charge in [0.25, 0.3) is 0 Å². The molecule has 3 rings (SSSR count). The first-order chi connectivity index (χ1) is 12.0. The van der Waals surface area contributed by atoms with E-state index < -0.39 is 0 Å². The van der Waals surface area contributed by atoms with Crippen molar-refractivity contribution >= 4 is 11.7 Å². The lowest BCUT2D eigenvalue weighted by molar-refractivity contribution is 0.247. The summed E-state index contributed by atoms with van der Waals surface area (Å²) >= 11 is 0. The lowest BCUT2D eigenvalue weighted by Crippen LogP contribution is -2.38. The van der Waals surface area contributed by atoms with Crippen molar-refractivity contribution in [2.24, 2.45) is 0 Å². The molecule has 0 atom stereocenters. The molecule has 5 nitrogen and oxygen atoms in total. The Bertz CT molecular complexity index is 798. The zero-order valence-corrected chi connectivity index (χ0v) is 15.1. The van der Waals surface area contributed by atoms with Gasteiger partial charge in [-0.05, 0) is 67.6 Å². The lowest BCUT2D eigenvalue weighted by Gasteiger charge is -2.20. The Hall–Kier alpha value is -2.69. The van der Waals surface area contributed by atoms with E-state index in [-0.39, 0.29) is 11.6 Å². The minimum atomic E-state index is -0.330. The number of carbonyl (C=O) groups is 1.